The first-order chi connectivity index (χ1) is 7.15. The fourth-order valence-electron chi connectivity index (χ4n) is 1.53. The van der Waals surface area contributed by atoms with Crippen LogP contribution in [0.25, 0.3) is 0 Å². The standard InChI is InChI=1S/C13H22N2/c1-5-10(2)12(4)15-9-13-6-7-14-8-11(13)3/h6-8,10,12,15H,5,9H2,1-4H3. The summed E-state index contributed by atoms with van der Waals surface area (Å²) in [5.74, 6) is 0.729. The van der Waals surface area contributed by atoms with E-state index < -0.39 is 0 Å². The van der Waals surface area contributed by atoms with E-state index in [0.717, 1.165) is 12.5 Å². The fourth-order valence-corrected chi connectivity index (χ4v) is 1.53. The van der Waals surface area contributed by atoms with E-state index in [0.29, 0.717) is 6.04 Å². The van der Waals surface area contributed by atoms with Gasteiger partial charge in [-0.15, -0.1) is 0 Å². The Bertz CT molecular complexity index is 296. The van der Waals surface area contributed by atoms with Gasteiger partial charge in [0, 0.05) is 25.0 Å². The van der Waals surface area contributed by atoms with E-state index in [-0.39, 0.29) is 0 Å². The third-order valence-electron chi connectivity index (χ3n) is 3.25. The zero-order chi connectivity index (χ0) is 11.3. The molecule has 0 aliphatic carbocycles. The van der Waals surface area contributed by atoms with Crippen molar-refractivity contribution in [2.75, 3.05) is 0 Å². The van der Waals surface area contributed by atoms with Gasteiger partial charge in [-0.05, 0) is 37.0 Å². The molecule has 15 heavy (non-hydrogen) atoms. The highest BCUT2D eigenvalue weighted by molar-refractivity contribution is 5.21. The SMILES string of the molecule is CCC(C)C(C)NCc1ccncc1C. The molecule has 2 heteroatoms. The molecule has 0 fully saturated rings. The van der Waals surface area contributed by atoms with Crippen molar-refractivity contribution in [3.63, 3.8) is 0 Å². The quantitative estimate of drug-likeness (QED) is 0.801. The molecule has 0 amide bonds. The van der Waals surface area contributed by atoms with E-state index in [1.54, 1.807) is 0 Å². The molecule has 2 nitrogen and oxygen atoms in total. The molecule has 0 aliphatic heterocycles. The number of hydrogen-bond donors (Lipinski definition) is 1. The van der Waals surface area contributed by atoms with Crippen LogP contribution in [0.15, 0.2) is 18.5 Å². The second-order valence-electron chi connectivity index (χ2n) is 4.36. The van der Waals surface area contributed by atoms with E-state index in [1.807, 2.05) is 12.4 Å². The lowest BCUT2D eigenvalue weighted by atomic mass is 10.0. The normalized spacial score (nSPS) is 14.9. The minimum Gasteiger partial charge on any atom is -0.310 e. The van der Waals surface area contributed by atoms with Crippen LogP contribution in [0.3, 0.4) is 0 Å². The number of pyridine rings is 1. The smallest absolute Gasteiger partial charge is 0.0300 e. The van der Waals surface area contributed by atoms with Gasteiger partial charge in [0.25, 0.3) is 0 Å². The summed E-state index contributed by atoms with van der Waals surface area (Å²) in [6, 6.07) is 2.66. The molecule has 0 radical (unpaired) electrons. The molecular formula is C13H22N2. The Morgan fingerprint density at radius 1 is 1.40 bits per heavy atom. The predicted molar refractivity (Wildman–Crippen MR) is 64.7 cm³/mol. The van der Waals surface area contributed by atoms with E-state index in [4.69, 9.17) is 0 Å². The number of hydrogen-bond acceptors (Lipinski definition) is 2. The fraction of sp³-hybridized carbons (Fsp3) is 0.615. The molecule has 0 saturated heterocycles. The van der Waals surface area contributed by atoms with Crippen LogP contribution in [-0.4, -0.2) is 11.0 Å². The third-order valence-corrected chi connectivity index (χ3v) is 3.25. The Labute approximate surface area is 93.1 Å². The first-order valence-corrected chi connectivity index (χ1v) is 5.78. The van der Waals surface area contributed by atoms with Crippen LogP contribution >= 0.6 is 0 Å². The number of aryl methyl sites for hydroxylation is 1. The van der Waals surface area contributed by atoms with Crippen molar-refractivity contribution >= 4 is 0 Å². The summed E-state index contributed by atoms with van der Waals surface area (Å²) in [4.78, 5) is 4.10. The zero-order valence-electron chi connectivity index (χ0n) is 10.2. The summed E-state index contributed by atoms with van der Waals surface area (Å²) in [6.45, 7) is 9.83. The molecule has 1 heterocycles. The summed E-state index contributed by atoms with van der Waals surface area (Å²) >= 11 is 0. The molecule has 0 aromatic carbocycles. The molecule has 0 aliphatic rings. The minimum atomic E-state index is 0.572. The highest BCUT2D eigenvalue weighted by atomic mass is 14.9. The predicted octanol–water partition coefficient (Wildman–Crippen LogP) is 2.91. The Kier molecular flexibility index (Phi) is 4.76. The van der Waals surface area contributed by atoms with Crippen molar-refractivity contribution in [1.29, 1.82) is 0 Å². The average Bonchev–Trinajstić information content (AvgIpc) is 2.26. The molecule has 2 atom stereocenters. The summed E-state index contributed by atoms with van der Waals surface area (Å²) in [5, 5.41) is 3.56. The second-order valence-corrected chi connectivity index (χ2v) is 4.36. The summed E-state index contributed by atoms with van der Waals surface area (Å²) in [5.41, 5.74) is 2.61. The third kappa shape index (κ3) is 3.63. The number of nitrogens with zero attached hydrogens (tertiary/aromatic N) is 1. The molecule has 1 aromatic heterocycles. The molecule has 2 unspecified atom stereocenters. The molecule has 1 rings (SSSR count). The Hall–Kier alpha value is -0.890. The van der Waals surface area contributed by atoms with Gasteiger partial charge in [0.05, 0.1) is 0 Å². The van der Waals surface area contributed by atoms with Crippen molar-refractivity contribution in [2.45, 2.75) is 46.7 Å². The molecule has 1 aromatic rings. The molecular weight excluding hydrogens is 184 g/mol. The van der Waals surface area contributed by atoms with Crippen LogP contribution < -0.4 is 5.32 Å². The van der Waals surface area contributed by atoms with Crippen LogP contribution in [0, 0.1) is 12.8 Å². The van der Waals surface area contributed by atoms with Crippen LogP contribution in [0.1, 0.15) is 38.3 Å². The van der Waals surface area contributed by atoms with Gasteiger partial charge in [-0.2, -0.15) is 0 Å². The van der Waals surface area contributed by atoms with Crippen molar-refractivity contribution < 1.29 is 0 Å². The van der Waals surface area contributed by atoms with Crippen molar-refractivity contribution in [2.24, 2.45) is 5.92 Å². The molecule has 0 bridgehead atoms. The van der Waals surface area contributed by atoms with Gasteiger partial charge in [0.15, 0.2) is 0 Å². The largest absolute Gasteiger partial charge is 0.310 e. The van der Waals surface area contributed by atoms with Gasteiger partial charge in [0.1, 0.15) is 0 Å². The molecule has 1 N–H and O–H groups in total. The van der Waals surface area contributed by atoms with Gasteiger partial charge in [0.2, 0.25) is 0 Å². The van der Waals surface area contributed by atoms with Crippen LogP contribution in [0.4, 0.5) is 0 Å². The topological polar surface area (TPSA) is 24.9 Å². The lowest BCUT2D eigenvalue weighted by molar-refractivity contribution is 0.389. The van der Waals surface area contributed by atoms with E-state index in [9.17, 15) is 0 Å². The maximum Gasteiger partial charge on any atom is 0.0300 e. The van der Waals surface area contributed by atoms with Crippen LogP contribution in [0.2, 0.25) is 0 Å². The lowest BCUT2D eigenvalue weighted by Gasteiger charge is -2.20. The highest BCUT2D eigenvalue weighted by Crippen LogP contribution is 2.09. The zero-order valence-corrected chi connectivity index (χ0v) is 10.2. The average molecular weight is 206 g/mol. The van der Waals surface area contributed by atoms with Crippen LogP contribution in [-0.2, 0) is 6.54 Å². The second kappa shape index (κ2) is 5.86. The molecule has 84 valence electrons. The Morgan fingerprint density at radius 2 is 2.13 bits per heavy atom. The van der Waals surface area contributed by atoms with Gasteiger partial charge in [-0.3, -0.25) is 4.98 Å². The number of aromatic nitrogens is 1. The highest BCUT2D eigenvalue weighted by Gasteiger charge is 2.09. The van der Waals surface area contributed by atoms with Crippen molar-refractivity contribution in [3.05, 3.63) is 29.6 Å². The lowest BCUT2D eigenvalue weighted by Crippen LogP contribution is -2.31. The molecule has 0 saturated carbocycles. The maximum atomic E-state index is 4.10. The van der Waals surface area contributed by atoms with E-state index in [1.165, 1.54) is 17.5 Å². The van der Waals surface area contributed by atoms with E-state index in [2.05, 4.69) is 44.1 Å². The Balaban J connectivity index is 2.47. The summed E-state index contributed by atoms with van der Waals surface area (Å²) in [6.07, 6.45) is 5.01. The summed E-state index contributed by atoms with van der Waals surface area (Å²) in [7, 11) is 0. The Morgan fingerprint density at radius 3 is 2.73 bits per heavy atom. The first-order valence-electron chi connectivity index (χ1n) is 5.78. The first kappa shape index (κ1) is 12.2. The van der Waals surface area contributed by atoms with Crippen LogP contribution in [0.5, 0.6) is 0 Å². The van der Waals surface area contributed by atoms with Gasteiger partial charge in [-0.1, -0.05) is 20.3 Å². The summed E-state index contributed by atoms with van der Waals surface area (Å²) < 4.78 is 0. The van der Waals surface area contributed by atoms with Gasteiger partial charge >= 0.3 is 0 Å². The minimum absolute atomic E-state index is 0.572. The van der Waals surface area contributed by atoms with Gasteiger partial charge < -0.3 is 5.32 Å². The van der Waals surface area contributed by atoms with Crippen molar-refractivity contribution in [1.82, 2.24) is 10.3 Å². The van der Waals surface area contributed by atoms with Gasteiger partial charge in [-0.25, -0.2) is 0 Å². The number of nitrogens with one attached hydrogen (secondary N) is 1. The van der Waals surface area contributed by atoms with E-state index >= 15 is 0 Å². The van der Waals surface area contributed by atoms with Crippen molar-refractivity contribution in [3.8, 4) is 0 Å². The number of rotatable bonds is 5. The molecule has 0 spiro atoms. The maximum absolute atomic E-state index is 4.10. The monoisotopic (exact) mass is 206 g/mol.